The summed E-state index contributed by atoms with van der Waals surface area (Å²) in [4.78, 5) is 19.3. The molecule has 0 aromatic heterocycles. The van der Waals surface area contributed by atoms with Crippen molar-refractivity contribution in [3.8, 4) is 0 Å². The highest BCUT2D eigenvalue weighted by Gasteiger charge is 2.66. The molecule has 0 saturated carbocycles. The molecule has 0 radical (unpaired) electrons. The lowest BCUT2D eigenvalue weighted by atomic mass is 9.98. The number of halogens is 8. The Morgan fingerprint density at radius 2 is 1.39 bits per heavy atom. The lowest BCUT2D eigenvalue weighted by molar-refractivity contribution is -0.243. The van der Waals surface area contributed by atoms with Crippen LogP contribution < -0.4 is 0 Å². The Labute approximate surface area is 123 Å². The topological polar surface area (TPSA) is 74.6 Å². The summed E-state index contributed by atoms with van der Waals surface area (Å²) in [5, 5.41) is 15.6. The van der Waals surface area contributed by atoms with Crippen molar-refractivity contribution in [2.75, 3.05) is 0 Å². The van der Waals surface area contributed by atoms with Gasteiger partial charge in [0.2, 0.25) is 0 Å². The summed E-state index contributed by atoms with van der Waals surface area (Å²) in [7, 11) is 0. The summed E-state index contributed by atoms with van der Waals surface area (Å²) >= 11 is 0. The molecule has 0 aromatic carbocycles. The molecule has 0 bridgehead atoms. The lowest BCUT2D eigenvalue weighted by Crippen LogP contribution is -2.51. The number of rotatable bonds is 6. The minimum Gasteiger partial charge on any atom is -0.478 e. The highest BCUT2D eigenvalue weighted by Crippen LogP contribution is 2.45. The maximum atomic E-state index is 12.8. The number of carboxylic acids is 2. The molecular formula is C11H10F8O4. The summed E-state index contributed by atoms with van der Waals surface area (Å²) < 4.78 is 98.7. The molecular weight excluding hydrogens is 348 g/mol. The monoisotopic (exact) mass is 358 g/mol. The Balaban J connectivity index is 0. The number of carboxylic acid groups (broad SMARTS) is 2. The quantitative estimate of drug-likeness (QED) is 0.563. The van der Waals surface area contributed by atoms with Crippen LogP contribution in [0.15, 0.2) is 24.8 Å². The summed E-state index contributed by atoms with van der Waals surface area (Å²) in [5.41, 5.74) is -2.39. The van der Waals surface area contributed by atoms with E-state index in [0.717, 1.165) is 6.08 Å². The van der Waals surface area contributed by atoms with Crippen molar-refractivity contribution in [1.29, 1.82) is 0 Å². The average molecular weight is 358 g/mol. The number of carbonyl (C=O) groups is 2. The Morgan fingerprint density at radius 1 is 1.04 bits per heavy atom. The molecule has 2 N–H and O–H groups in total. The predicted octanol–water partition coefficient (Wildman–Crippen LogP) is 3.45. The first-order valence-corrected chi connectivity index (χ1v) is 5.25. The average Bonchev–Trinajstić information content (AvgIpc) is 2.35. The SMILES string of the molecule is C=C(C(=O)O)C(F)(F)C(F)(F)C(F)CC(F)(F)F.C=CC(=O)O. The van der Waals surface area contributed by atoms with Crippen LogP contribution in [0.25, 0.3) is 0 Å². The molecule has 0 fully saturated rings. The lowest BCUT2D eigenvalue weighted by Gasteiger charge is -2.29. The van der Waals surface area contributed by atoms with Gasteiger partial charge in [-0.05, 0) is 0 Å². The molecule has 0 amide bonds. The van der Waals surface area contributed by atoms with E-state index in [0.29, 0.717) is 0 Å². The number of hydrogen-bond acceptors (Lipinski definition) is 2. The molecule has 12 heteroatoms. The van der Waals surface area contributed by atoms with Gasteiger partial charge < -0.3 is 10.2 Å². The Hall–Kier alpha value is -2.14. The molecule has 0 rings (SSSR count). The van der Waals surface area contributed by atoms with Gasteiger partial charge in [0.25, 0.3) is 0 Å². The predicted molar refractivity (Wildman–Crippen MR) is 60.1 cm³/mol. The van der Waals surface area contributed by atoms with Crippen LogP contribution in [0.3, 0.4) is 0 Å². The summed E-state index contributed by atoms with van der Waals surface area (Å²) in [6.45, 7) is 5.05. The van der Waals surface area contributed by atoms with E-state index in [2.05, 4.69) is 13.2 Å². The normalized spacial score (nSPS) is 13.4. The van der Waals surface area contributed by atoms with Crippen molar-refractivity contribution in [3.05, 3.63) is 24.8 Å². The van der Waals surface area contributed by atoms with E-state index in [1.165, 1.54) is 0 Å². The van der Waals surface area contributed by atoms with E-state index in [-0.39, 0.29) is 0 Å². The molecule has 0 aliphatic heterocycles. The molecule has 0 spiro atoms. The summed E-state index contributed by atoms with van der Waals surface area (Å²) in [5.74, 6) is -15.0. The second-order valence-electron chi connectivity index (χ2n) is 3.81. The molecule has 0 heterocycles. The second kappa shape index (κ2) is 7.92. The third-order valence-corrected chi connectivity index (χ3v) is 2.03. The standard InChI is InChI=1S/C8H6F8O2.C3H4O2/c1-3(5(17)18)7(13,14)8(15,16)4(9)2-6(10,11)12;1-2-3(4)5/h4H,1-2H2,(H,17,18);2H,1H2,(H,4,5). The molecule has 4 nitrogen and oxygen atoms in total. The van der Waals surface area contributed by atoms with Crippen LogP contribution in [0.4, 0.5) is 35.1 Å². The van der Waals surface area contributed by atoms with Gasteiger partial charge in [-0.3, -0.25) is 0 Å². The van der Waals surface area contributed by atoms with Gasteiger partial charge in [0.05, 0.1) is 6.42 Å². The van der Waals surface area contributed by atoms with Crippen molar-refractivity contribution in [1.82, 2.24) is 0 Å². The number of alkyl halides is 8. The minimum atomic E-state index is -5.84. The first-order valence-electron chi connectivity index (χ1n) is 5.25. The van der Waals surface area contributed by atoms with E-state index < -0.39 is 48.1 Å². The van der Waals surface area contributed by atoms with Gasteiger partial charge >= 0.3 is 30.0 Å². The zero-order valence-corrected chi connectivity index (χ0v) is 11.0. The molecule has 1 atom stereocenters. The summed E-state index contributed by atoms with van der Waals surface area (Å²) in [6, 6.07) is 0. The fourth-order valence-electron chi connectivity index (χ4n) is 0.864. The van der Waals surface area contributed by atoms with Gasteiger partial charge in [-0.1, -0.05) is 13.2 Å². The van der Waals surface area contributed by atoms with Gasteiger partial charge in [0.1, 0.15) is 5.57 Å². The highest BCUT2D eigenvalue weighted by atomic mass is 19.4. The van der Waals surface area contributed by atoms with Crippen molar-refractivity contribution < 1.29 is 54.9 Å². The fraction of sp³-hybridized carbons (Fsp3) is 0.455. The second-order valence-corrected chi connectivity index (χ2v) is 3.81. The van der Waals surface area contributed by atoms with E-state index >= 15 is 0 Å². The zero-order chi connectivity index (χ0) is 19.2. The molecule has 0 aliphatic carbocycles. The van der Waals surface area contributed by atoms with Crippen LogP contribution in [-0.2, 0) is 9.59 Å². The van der Waals surface area contributed by atoms with Crippen LogP contribution in [0.5, 0.6) is 0 Å². The van der Waals surface area contributed by atoms with E-state index in [4.69, 9.17) is 10.2 Å². The van der Waals surface area contributed by atoms with E-state index in [9.17, 15) is 44.7 Å². The van der Waals surface area contributed by atoms with Gasteiger partial charge in [-0.15, -0.1) is 0 Å². The summed E-state index contributed by atoms with van der Waals surface area (Å²) in [6.07, 6.45) is -11.7. The van der Waals surface area contributed by atoms with Gasteiger partial charge in [-0.2, -0.15) is 30.7 Å². The molecule has 0 aliphatic rings. The van der Waals surface area contributed by atoms with Crippen molar-refractivity contribution >= 4 is 11.9 Å². The van der Waals surface area contributed by atoms with Gasteiger partial charge in [0.15, 0.2) is 6.17 Å². The highest BCUT2D eigenvalue weighted by molar-refractivity contribution is 5.88. The van der Waals surface area contributed by atoms with Crippen molar-refractivity contribution in [2.45, 2.75) is 30.6 Å². The van der Waals surface area contributed by atoms with Crippen LogP contribution in [0, 0.1) is 0 Å². The van der Waals surface area contributed by atoms with E-state index in [1.54, 1.807) is 0 Å². The Morgan fingerprint density at radius 3 is 1.61 bits per heavy atom. The third kappa shape index (κ3) is 7.10. The zero-order valence-electron chi connectivity index (χ0n) is 11.0. The van der Waals surface area contributed by atoms with Gasteiger partial charge in [-0.25, -0.2) is 14.0 Å². The van der Waals surface area contributed by atoms with Crippen LogP contribution in [0.2, 0.25) is 0 Å². The van der Waals surface area contributed by atoms with Crippen LogP contribution in [0.1, 0.15) is 6.42 Å². The largest absolute Gasteiger partial charge is 0.478 e. The molecule has 134 valence electrons. The third-order valence-electron chi connectivity index (χ3n) is 2.03. The molecule has 0 saturated heterocycles. The number of hydrogen-bond donors (Lipinski definition) is 2. The first kappa shape index (κ1) is 23.1. The maximum absolute atomic E-state index is 12.8. The molecule has 1 unspecified atom stereocenters. The molecule has 0 aromatic rings. The van der Waals surface area contributed by atoms with Crippen LogP contribution in [-0.4, -0.2) is 46.3 Å². The van der Waals surface area contributed by atoms with Gasteiger partial charge in [0, 0.05) is 6.08 Å². The van der Waals surface area contributed by atoms with Crippen molar-refractivity contribution in [3.63, 3.8) is 0 Å². The molecule has 23 heavy (non-hydrogen) atoms. The fourth-order valence-corrected chi connectivity index (χ4v) is 0.864. The first-order chi connectivity index (χ1) is 10.0. The van der Waals surface area contributed by atoms with Crippen molar-refractivity contribution in [2.24, 2.45) is 0 Å². The minimum absolute atomic E-state index is 0.833. The van der Waals surface area contributed by atoms with E-state index in [1.807, 2.05) is 0 Å². The Bertz CT molecular complexity index is 469. The Kier molecular flexibility index (Phi) is 7.97. The maximum Gasteiger partial charge on any atom is 0.392 e. The smallest absolute Gasteiger partial charge is 0.392 e. The number of aliphatic carboxylic acids is 2. The van der Waals surface area contributed by atoms with Crippen LogP contribution >= 0.6 is 0 Å².